The minimum atomic E-state index is 0.552. The molecule has 4 unspecified atom stereocenters. The van der Waals surface area contributed by atoms with Crippen LogP contribution in [0.2, 0.25) is 0 Å². The van der Waals surface area contributed by atoms with E-state index in [1.54, 1.807) is 0 Å². The topological polar surface area (TPSA) is 12.5 Å². The highest BCUT2D eigenvalue weighted by Gasteiger charge is 2.48. The lowest BCUT2D eigenvalue weighted by molar-refractivity contribution is 0.0491. The number of nitrogens with zero attached hydrogens (tertiary/aromatic N) is 1. The highest BCUT2D eigenvalue weighted by molar-refractivity contribution is 5.01. The fourth-order valence-corrected chi connectivity index (χ4v) is 3.31. The van der Waals surface area contributed by atoms with Crippen LogP contribution in [0.1, 0.15) is 19.3 Å². The first-order chi connectivity index (χ1) is 5.74. The Labute approximate surface area is 74.9 Å². The third kappa shape index (κ3) is 1.09. The van der Waals surface area contributed by atoms with Crippen LogP contribution in [-0.4, -0.2) is 38.3 Å². The molecule has 2 fully saturated rings. The van der Waals surface area contributed by atoms with Crippen molar-refractivity contribution in [3.8, 4) is 0 Å². The number of rotatable bonds is 2. The van der Waals surface area contributed by atoms with Crippen LogP contribution in [0.15, 0.2) is 0 Å². The summed E-state index contributed by atoms with van der Waals surface area (Å²) in [6, 6.07) is 0.801. The maximum absolute atomic E-state index is 5.50. The van der Waals surface area contributed by atoms with Gasteiger partial charge in [0.05, 0.1) is 6.10 Å². The molecule has 0 heterocycles. The number of ether oxygens (including phenoxy) is 1. The van der Waals surface area contributed by atoms with Gasteiger partial charge in [-0.15, -0.1) is 0 Å². The smallest absolute Gasteiger partial charge is 0.0617 e. The summed E-state index contributed by atoms with van der Waals surface area (Å²) in [5.41, 5.74) is 0. The van der Waals surface area contributed by atoms with E-state index in [1.807, 2.05) is 7.11 Å². The van der Waals surface area contributed by atoms with Gasteiger partial charge in [-0.25, -0.2) is 0 Å². The van der Waals surface area contributed by atoms with Gasteiger partial charge < -0.3 is 9.64 Å². The molecule has 2 bridgehead atoms. The Morgan fingerprint density at radius 2 is 2.00 bits per heavy atom. The molecule has 2 aliphatic carbocycles. The average Bonchev–Trinajstić information content (AvgIpc) is 2.59. The summed E-state index contributed by atoms with van der Waals surface area (Å²) in [5, 5.41) is 0. The molecule has 2 nitrogen and oxygen atoms in total. The molecule has 0 radical (unpaired) electrons. The van der Waals surface area contributed by atoms with Crippen molar-refractivity contribution in [2.45, 2.75) is 31.4 Å². The van der Waals surface area contributed by atoms with Gasteiger partial charge in [0, 0.05) is 19.1 Å². The Morgan fingerprint density at radius 3 is 2.42 bits per heavy atom. The van der Waals surface area contributed by atoms with Crippen molar-refractivity contribution in [2.24, 2.45) is 11.8 Å². The summed E-state index contributed by atoms with van der Waals surface area (Å²) in [6.45, 7) is 0. The second-order valence-corrected chi connectivity index (χ2v) is 4.47. The number of fused-ring (bicyclic) bond motifs is 2. The van der Waals surface area contributed by atoms with E-state index in [-0.39, 0.29) is 0 Å². The molecular formula is C10H19NO. The fraction of sp³-hybridized carbons (Fsp3) is 1.00. The molecule has 2 heteroatoms. The zero-order chi connectivity index (χ0) is 8.72. The van der Waals surface area contributed by atoms with Crippen molar-refractivity contribution in [3.63, 3.8) is 0 Å². The summed E-state index contributed by atoms with van der Waals surface area (Å²) >= 11 is 0. The molecule has 70 valence electrons. The molecule has 0 aromatic rings. The number of hydrogen-bond donors (Lipinski definition) is 0. The Balaban J connectivity index is 2.09. The highest BCUT2D eigenvalue weighted by atomic mass is 16.5. The molecule has 2 rings (SSSR count). The van der Waals surface area contributed by atoms with E-state index < -0.39 is 0 Å². The third-order valence-corrected chi connectivity index (χ3v) is 3.70. The molecule has 12 heavy (non-hydrogen) atoms. The van der Waals surface area contributed by atoms with Gasteiger partial charge in [0.2, 0.25) is 0 Å². The predicted molar refractivity (Wildman–Crippen MR) is 49.1 cm³/mol. The van der Waals surface area contributed by atoms with Crippen LogP contribution in [-0.2, 0) is 4.74 Å². The first-order valence-electron chi connectivity index (χ1n) is 4.93. The van der Waals surface area contributed by atoms with Crippen LogP contribution >= 0.6 is 0 Å². The van der Waals surface area contributed by atoms with E-state index in [0.717, 1.165) is 17.9 Å². The SMILES string of the molecule is COC1CC2CCC1C2N(C)C. The van der Waals surface area contributed by atoms with Crippen LogP contribution in [0.4, 0.5) is 0 Å². The largest absolute Gasteiger partial charge is 0.381 e. The third-order valence-electron chi connectivity index (χ3n) is 3.70. The second-order valence-electron chi connectivity index (χ2n) is 4.47. The van der Waals surface area contributed by atoms with Gasteiger partial charge in [-0.3, -0.25) is 0 Å². The van der Waals surface area contributed by atoms with Gasteiger partial charge in [0.25, 0.3) is 0 Å². The van der Waals surface area contributed by atoms with E-state index in [9.17, 15) is 0 Å². The van der Waals surface area contributed by atoms with E-state index in [4.69, 9.17) is 4.74 Å². The molecule has 0 amide bonds. The van der Waals surface area contributed by atoms with Crippen molar-refractivity contribution < 1.29 is 4.74 Å². The van der Waals surface area contributed by atoms with E-state index >= 15 is 0 Å². The Kier molecular flexibility index (Phi) is 2.13. The molecule has 4 atom stereocenters. The lowest BCUT2D eigenvalue weighted by Gasteiger charge is -2.25. The van der Waals surface area contributed by atoms with Crippen LogP contribution in [0.5, 0.6) is 0 Å². The summed E-state index contributed by atoms with van der Waals surface area (Å²) in [5.74, 6) is 1.73. The van der Waals surface area contributed by atoms with Crippen molar-refractivity contribution in [1.82, 2.24) is 4.90 Å². The van der Waals surface area contributed by atoms with Gasteiger partial charge in [-0.2, -0.15) is 0 Å². The van der Waals surface area contributed by atoms with Crippen molar-refractivity contribution >= 4 is 0 Å². The molecule has 0 saturated heterocycles. The average molecular weight is 169 g/mol. The maximum Gasteiger partial charge on any atom is 0.0617 e. The molecule has 2 saturated carbocycles. The molecule has 0 spiro atoms. The lowest BCUT2D eigenvalue weighted by atomic mass is 9.98. The van der Waals surface area contributed by atoms with E-state index in [0.29, 0.717) is 6.10 Å². The molecule has 0 aromatic carbocycles. The van der Waals surface area contributed by atoms with Crippen molar-refractivity contribution in [2.75, 3.05) is 21.2 Å². The van der Waals surface area contributed by atoms with E-state index in [2.05, 4.69) is 19.0 Å². The minimum Gasteiger partial charge on any atom is -0.381 e. The maximum atomic E-state index is 5.50. The molecular weight excluding hydrogens is 150 g/mol. The predicted octanol–water partition coefficient (Wildman–Crippen LogP) is 1.36. The Morgan fingerprint density at radius 1 is 1.25 bits per heavy atom. The normalized spacial score (nSPS) is 46.0. The first kappa shape index (κ1) is 8.52. The van der Waals surface area contributed by atoms with E-state index in [1.165, 1.54) is 19.3 Å². The van der Waals surface area contributed by atoms with Gasteiger partial charge in [0.15, 0.2) is 0 Å². The Bertz CT molecular complexity index is 169. The van der Waals surface area contributed by atoms with Gasteiger partial charge in [0.1, 0.15) is 0 Å². The van der Waals surface area contributed by atoms with Crippen molar-refractivity contribution in [1.29, 1.82) is 0 Å². The minimum absolute atomic E-state index is 0.552. The fourth-order valence-electron chi connectivity index (χ4n) is 3.31. The molecule has 2 aliphatic rings. The molecule has 0 N–H and O–H groups in total. The van der Waals surface area contributed by atoms with Crippen LogP contribution < -0.4 is 0 Å². The van der Waals surface area contributed by atoms with Crippen LogP contribution in [0.3, 0.4) is 0 Å². The molecule has 0 aromatic heterocycles. The lowest BCUT2D eigenvalue weighted by Crippen LogP contribution is -2.34. The summed E-state index contributed by atoms with van der Waals surface area (Å²) < 4.78 is 5.50. The second kappa shape index (κ2) is 3.00. The number of methoxy groups -OCH3 is 1. The summed E-state index contributed by atoms with van der Waals surface area (Å²) in [6.07, 6.45) is 4.65. The quantitative estimate of drug-likeness (QED) is 0.619. The highest BCUT2D eigenvalue weighted by Crippen LogP contribution is 2.47. The van der Waals surface area contributed by atoms with Crippen molar-refractivity contribution in [3.05, 3.63) is 0 Å². The summed E-state index contributed by atoms with van der Waals surface area (Å²) in [4.78, 5) is 2.39. The zero-order valence-electron chi connectivity index (χ0n) is 8.29. The van der Waals surface area contributed by atoms with Gasteiger partial charge in [-0.05, 0) is 39.3 Å². The zero-order valence-corrected chi connectivity index (χ0v) is 8.29. The molecule has 0 aliphatic heterocycles. The van der Waals surface area contributed by atoms with Gasteiger partial charge in [-0.1, -0.05) is 0 Å². The number of hydrogen-bond acceptors (Lipinski definition) is 2. The monoisotopic (exact) mass is 169 g/mol. The summed E-state index contributed by atoms with van der Waals surface area (Å²) in [7, 11) is 6.26. The Hall–Kier alpha value is -0.0800. The van der Waals surface area contributed by atoms with Crippen LogP contribution in [0.25, 0.3) is 0 Å². The van der Waals surface area contributed by atoms with Gasteiger partial charge >= 0.3 is 0 Å². The standard InChI is InChI=1S/C10H19NO/c1-11(2)10-7-4-5-8(10)9(6-7)12-3/h7-10H,4-6H2,1-3H3. The first-order valence-corrected chi connectivity index (χ1v) is 4.93. The van der Waals surface area contributed by atoms with Crippen LogP contribution in [0, 0.1) is 11.8 Å².